The molecule has 1 heterocycles. The third-order valence-corrected chi connectivity index (χ3v) is 3.00. The molecule has 1 N–H and O–H groups in total. The molecule has 90 valence electrons. The van der Waals surface area contributed by atoms with Crippen LogP contribution in [0.25, 0.3) is 0 Å². The number of rotatable bonds is 5. The van der Waals surface area contributed by atoms with Crippen LogP contribution in [0.15, 0.2) is 42.6 Å². The van der Waals surface area contributed by atoms with Crippen LogP contribution in [0.5, 0.6) is 0 Å². The quantitative estimate of drug-likeness (QED) is 0.859. The van der Waals surface area contributed by atoms with E-state index in [0.29, 0.717) is 0 Å². The molecule has 0 aliphatic rings. The van der Waals surface area contributed by atoms with E-state index in [4.69, 9.17) is 11.6 Å². The first kappa shape index (κ1) is 12.2. The van der Waals surface area contributed by atoms with Gasteiger partial charge in [0.15, 0.2) is 0 Å². The van der Waals surface area contributed by atoms with Crippen LogP contribution < -0.4 is 5.32 Å². The Morgan fingerprint density at radius 1 is 1.18 bits per heavy atom. The highest BCUT2D eigenvalue weighted by Crippen LogP contribution is 2.12. The Hall–Kier alpha value is -1.25. The summed E-state index contributed by atoms with van der Waals surface area (Å²) >= 11 is 5.88. The molecular formula is C14H17ClN2. The van der Waals surface area contributed by atoms with Gasteiger partial charge in [0.1, 0.15) is 0 Å². The molecule has 0 saturated carbocycles. The van der Waals surface area contributed by atoms with E-state index < -0.39 is 0 Å². The van der Waals surface area contributed by atoms with Crippen molar-refractivity contribution in [1.29, 1.82) is 0 Å². The molecule has 0 saturated heterocycles. The lowest BCUT2D eigenvalue weighted by atomic mass is 10.2. The summed E-state index contributed by atoms with van der Waals surface area (Å²) in [6, 6.07) is 12.2. The largest absolute Gasteiger partial charge is 0.346 e. The number of hydrogen-bond donors (Lipinski definition) is 1. The smallest absolute Gasteiger partial charge is 0.0473 e. The second-order valence-electron chi connectivity index (χ2n) is 4.03. The Morgan fingerprint density at radius 3 is 2.65 bits per heavy atom. The molecule has 1 aromatic heterocycles. The molecule has 0 bridgehead atoms. The molecule has 0 spiro atoms. The highest BCUT2D eigenvalue weighted by atomic mass is 35.5. The maximum absolute atomic E-state index is 5.88. The summed E-state index contributed by atoms with van der Waals surface area (Å²) in [6.07, 6.45) is 2.11. The van der Waals surface area contributed by atoms with Gasteiger partial charge in [-0.05, 0) is 36.4 Å². The normalized spacial score (nSPS) is 10.7. The Morgan fingerprint density at radius 2 is 1.94 bits per heavy atom. The average molecular weight is 249 g/mol. The molecule has 17 heavy (non-hydrogen) atoms. The van der Waals surface area contributed by atoms with Gasteiger partial charge in [0.25, 0.3) is 0 Å². The van der Waals surface area contributed by atoms with Crippen LogP contribution in [0.1, 0.15) is 18.2 Å². The van der Waals surface area contributed by atoms with Crippen molar-refractivity contribution in [3.63, 3.8) is 0 Å². The van der Waals surface area contributed by atoms with Gasteiger partial charge in [-0.3, -0.25) is 0 Å². The first-order chi connectivity index (χ1) is 8.29. The van der Waals surface area contributed by atoms with Crippen molar-refractivity contribution in [2.75, 3.05) is 6.54 Å². The fourth-order valence-corrected chi connectivity index (χ4v) is 1.93. The molecule has 0 radical (unpaired) electrons. The predicted molar refractivity (Wildman–Crippen MR) is 72.4 cm³/mol. The minimum absolute atomic E-state index is 0.786. The predicted octanol–water partition coefficient (Wildman–Crippen LogP) is 3.30. The number of halogens is 1. The zero-order chi connectivity index (χ0) is 12.1. The van der Waals surface area contributed by atoms with E-state index in [9.17, 15) is 0 Å². The second-order valence-corrected chi connectivity index (χ2v) is 4.47. The fraction of sp³-hybridized carbons (Fsp3) is 0.286. The number of nitrogens with zero attached hydrogens (tertiary/aromatic N) is 1. The maximum atomic E-state index is 5.88. The minimum Gasteiger partial charge on any atom is -0.346 e. The second kappa shape index (κ2) is 5.89. The maximum Gasteiger partial charge on any atom is 0.0473 e. The Labute approximate surface area is 107 Å². The van der Waals surface area contributed by atoms with Crippen molar-refractivity contribution < 1.29 is 0 Å². The first-order valence-electron chi connectivity index (χ1n) is 5.89. The summed E-state index contributed by atoms with van der Waals surface area (Å²) in [4.78, 5) is 0. The van der Waals surface area contributed by atoms with Crippen LogP contribution >= 0.6 is 11.6 Å². The minimum atomic E-state index is 0.786. The lowest BCUT2D eigenvalue weighted by Gasteiger charge is -2.09. The molecule has 0 amide bonds. The number of benzene rings is 1. The Kier molecular flexibility index (Phi) is 4.24. The van der Waals surface area contributed by atoms with Crippen molar-refractivity contribution in [2.24, 2.45) is 0 Å². The first-order valence-corrected chi connectivity index (χ1v) is 6.26. The van der Waals surface area contributed by atoms with Gasteiger partial charge in [-0.1, -0.05) is 30.7 Å². The SMILES string of the molecule is CCNCc1cccn1Cc1ccc(Cl)cc1. The van der Waals surface area contributed by atoms with E-state index in [-0.39, 0.29) is 0 Å². The van der Waals surface area contributed by atoms with Gasteiger partial charge in [-0.2, -0.15) is 0 Å². The van der Waals surface area contributed by atoms with E-state index >= 15 is 0 Å². The third kappa shape index (κ3) is 3.35. The topological polar surface area (TPSA) is 17.0 Å². The summed E-state index contributed by atoms with van der Waals surface area (Å²) in [7, 11) is 0. The van der Waals surface area contributed by atoms with Crippen molar-refractivity contribution in [1.82, 2.24) is 9.88 Å². The van der Waals surface area contributed by atoms with E-state index in [0.717, 1.165) is 24.7 Å². The van der Waals surface area contributed by atoms with E-state index in [1.807, 2.05) is 12.1 Å². The lowest BCUT2D eigenvalue weighted by molar-refractivity contribution is 0.657. The van der Waals surface area contributed by atoms with Gasteiger partial charge < -0.3 is 9.88 Å². The van der Waals surface area contributed by atoms with Gasteiger partial charge in [-0.25, -0.2) is 0 Å². The van der Waals surface area contributed by atoms with Gasteiger partial charge >= 0.3 is 0 Å². The molecule has 0 aliphatic carbocycles. The zero-order valence-corrected chi connectivity index (χ0v) is 10.7. The van der Waals surface area contributed by atoms with Crippen molar-refractivity contribution in [3.8, 4) is 0 Å². The molecule has 3 heteroatoms. The Bertz CT molecular complexity index is 459. The molecule has 0 aliphatic heterocycles. The van der Waals surface area contributed by atoms with Gasteiger partial charge in [0.05, 0.1) is 0 Å². The summed E-state index contributed by atoms with van der Waals surface area (Å²) in [5.41, 5.74) is 2.57. The van der Waals surface area contributed by atoms with Gasteiger partial charge in [0.2, 0.25) is 0 Å². The molecule has 0 fully saturated rings. The molecule has 0 atom stereocenters. The van der Waals surface area contributed by atoms with E-state index in [2.05, 4.69) is 47.3 Å². The standard InChI is InChI=1S/C14H17ClN2/c1-2-16-10-14-4-3-9-17(14)11-12-5-7-13(15)8-6-12/h3-9,16H,2,10-11H2,1H3. The van der Waals surface area contributed by atoms with Crippen molar-refractivity contribution in [3.05, 3.63) is 58.9 Å². The summed E-state index contributed by atoms with van der Waals surface area (Å²) < 4.78 is 2.26. The van der Waals surface area contributed by atoms with Gasteiger partial charge in [-0.15, -0.1) is 0 Å². The van der Waals surface area contributed by atoms with Crippen molar-refractivity contribution >= 4 is 11.6 Å². The van der Waals surface area contributed by atoms with Crippen LogP contribution in [0, 0.1) is 0 Å². The highest BCUT2D eigenvalue weighted by Gasteiger charge is 2.01. The molecular weight excluding hydrogens is 232 g/mol. The Balaban J connectivity index is 2.07. The molecule has 2 rings (SSSR count). The lowest BCUT2D eigenvalue weighted by Crippen LogP contribution is -2.15. The summed E-state index contributed by atoms with van der Waals surface area (Å²) in [5.74, 6) is 0. The number of nitrogens with one attached hydrogen (secondary N) is 1. The summed E-state index contributed by atoms with van der Waals surface area (Å²) in [6.45, 7) is 4.92. The van der Waals surface area contributed by atoms with Crippen LogP contribution in [0.2, 0.25) is 5.02 Å². The van der Waals surface area contributed by atoms with E-state index in [1.54, 1.807) is 0 Å². The van der Waals surface area contributed by atoms with Crippen LogP contribution in [-0.2, 0) is 13.1 Å². The zero-order valence-electron chi connectivity index (χ0n) is 9.99. The molecule has 2 aromatic rings. The number of aromatic nitrogens is 1. The van der Waals surface area contributed by atoms with Gasteiger partial charge in [0, 0.05) is 30.0 Å². The third-order valence-electron chi connectivity index (χ3n) is 2.75. The van der Waals surface area contributed by atoms with Crippen molar-refractivity contribution in [2.45, 2.75) is 20.0 Å². The average Bonchev–Trinajstić information content (AvgIpc) is 2.77. The monoisotopic (exact) mass is 248 g/mol. The summed E-state index contributed by atoms with van der Waals surface area (Å²) in [5, 5.41) is 4.13. The van der Waals surface area contributed by atoms with Crippen LogP contribution in [0.3, 0.4) is 0 Å². The molecule has 1 aromatic carbocycles. The fourth-order valence-electron chi connectivity index (χ4n) is 1.80. The van der Waals surface area contributed by atoms with E-state index in [1.165, 1.54) is 11.3 Å². The molecule has 2 nitrogen and oxygen atoms in total. The molecule has 0 unspecified atom stereocenters. The van der Waals surface area contributed by atoms with Crippen LogP contribution in [-0.4, -0.2) is 11.1 Å². The highest BCUT2D eigenvalue weighted by molar-refractivity contribution is 6.30. The van der Waals surface area contributed by atoms with Crippen LogP contribution in [0.4, 0.5) is 0 Å². The number of hydrogen-bond acceptors (Lipinski definition) is 1.